The maximum atomic E-state index is 11.9. The van der Waals surface area contributed by atoms with E-state index in [1.807, 2.05) is 30.3 Å². The third kappa shape index (κ3) is 4.49. The van der Waals surface area contributed by atoms with Crippen molar-refractivity contribution in [3.63, 3.8) is 0 Å². The molecule has 0 aliphatic carbocycles. The van der Waals surface area contributed by atoms with E-state index >= 15 is 0 Å². The number of methoxy groups -OCH3 is 1. The summed E-state index contributed by atoms with van der Waals surface area (Å²) >= 11 is 0. The molecule has 0 fully saturated rings. The van der Waals surface area contributed by atoms with Gasteiger partial charge in [-0.15, -0.1) is 0 Å². The lowest BCUT2D eigenvalue weighted by molar-refractivity contribution is -0.117. The molecule has 0 bridgehead atoms. The number of ether oxygens (including phenoxy) is 1. The Bertz CT molecular complexity index is 681. The molecule has 22 heavy (non-hydrogen) atoms. The van der Waals surface area contributed by atoms with Crippen molar-refractivity contribution in [2.75, 3.05) is 7.11 Å². The second-order valence-electron chi connectivity index (χ2n) is 4.42. The summed E-state index contributed by atoms with van der Waals surface area (Å²) in [5.41, 5.74) is 5.96. The Balaban J connectivity index is 1.88. The van der Waals surface area contributed by atoms with Crippen LogP contribution in [0.2, 0.25) is 0 Å². The van der Waals surface area contributed by atoms with Gasteiger partial charge in [-0.1, -0.05) is 36.4 Å². The first-order chi connectivity index (χ1) is 10.7. The highest BCUT2D eigenvalue weighted by molar-refractivity contribution is 5.98. The Labute approximate surface area is 128 Å². The zero-order valence-corrected chi connectivity index (χ0v) is 12.1. The topological polar surface area (TPSA) is 67.4 Å². The maximum absolute atomic E-state index is 11.9. The molecule has 2 aromatic rings. The van der Waals surface area contributed by atoms with Gasteiger partial charge in [0.25, 0.3) is 11.8 Å². The Kier molecular flexibility index (Phi) is 5.31. The summed E-state index contributed by atoms with van der Waals surface area (Å²) in [6, 6.07) is 16.0. The lowest BCUT2D eigenvalue weighted by Crippen LogP contribution is -2.40. The van der Waals surface area contributed by atoms with Crippen molar-refractivity contribution in [1.29, 1.82) is 0 Å². The Morgan fingerprint density at radius 1 is 1.00 bits per heavy atom. The number of amides is 2. The number of carbonyl (C=O) groups is 2. The van der Waals surface area contributed by atoms with Gasteiger partial charge < -0.3 is 4.74 Å². The molecule has 0 aliphatic rings. The van der Waals surface area contributed by atoms with Crippen LogP contribution in [0.15, 0.2) is 60.7 Å². The molecule has 2 rings (SSSR count). The fourth-order valence-electron chi connectivity index (χ4n) is 1.73. The van der Waals surface area contributed by atoms with E-state index in [1.165, 1.54) is 13.2 Å². The average molecular weight is 296 g/mol. The SMILES string of the molecule is COc1cccc(C(=O)NNC(=O)C=Cc2ccccc2)c1. The monoisotopic (exact) mass is 296 g/mol. The molecule has 0 spiro atoms. The standard InChI is InChI=1S/C17H16N2O3/c1-22-15-9-5-8-14(12-15)17(21)19-18-16(20)11-10-13-6-3-2-4-7-13/h2-12H,1H3,(H,18,20)(H,19,21). The summed E-state index contributed by atoms with van der Waals surface area (Å²) in [5.74, 6) is -0.261. The first-order valence-corrected chi connectivity index (χ1v) is 6.66. The Morgan fingerprint density at radius 3 is 2.50 bits per heavy atom. The minimum atomic E-state index is -0.417. The van der Waals surface area contributed by atoms with E-state index in [1.54, 1.807) is 30.3 Å². The number of hydrazine groups is 1. The predicted octanol–water partition coefficient (Wildman–Crippen LogP) is 2.17. The van der Waals surface area contributed by atoms with E-state index in [-0.39, 0.29) is 0 Å². The largest absolute Gasteiger partial charge is 0.497 e. The van der Waals surface area contributed by atoms with Crippen LogP contribution in [0.3, 0.4) is 0 Å². The van der Waals surface area contributed by atoms with Crippen molar-refractivity contribution >= 4 is 17.9 Å². The highest BCUT2D eigenvalue weighted by atomic mass is 16.5. The fourth-order valence-corrected chi connectivity index (χ4v) is 1.73. The van der Waals surface area contributed by atoms with Gasteiger partial charge in [-0.3, -0.25) is 20.4 Å². The van der Waals surface area contributed by atoms with Crippen molar-refractivity contribution in [2.45, 2.75) is 0 Å². The summed E-state index contributed by atoms with van der Waals surface area (Å²) in [6.45, 7) is 0. The van der Waals surface area contributed by atoms with E-state index < -0.39 is 11.8 Å². The Morgan fingerprint density at radius 2 is 1.77 bits per heavy atom. The number of carbonyl (C=O) groups excluding carboxylic acids is 2. The van der Waals surface area contributed by atoms with E-state index in [4.69, 9.17) is 4.74 Å². The molecule has 2 amide bonds. The zero-order chi connectivity index (χ0) is 15.8. The van der Waals surface area contributed by atoms with Crippen LogP contribution >= 0.6 is 0 Å². The molecular formula is C17H16N2O3. The van der Waals surface area contributed by atoms with Crippen molar-refractivity contribution in [1.82, 2.24) is 10.9 Å². The second kappa shape index (κ2) is 7.64. The number of benzene rings is 2. The van der Waals surface area contributed by atoms with Crippen LogP contribution in [0.4, 0.5) is 0 Å². The first-order valence-electron chi connectivity index (χ1n) is 6.66. The minimum absolute atomic E-state index is 0.395. The highest BCUT2D eigenvalue weighted by Crippen LogP contribution is 2.11. The normalized spacial score (nSPS) is 10.2. The molecule has 0 atom stereocenters. The van der Waals surface area contributed by atoms with Gasteiger partial charge in [0.1, 0.15) is 5.75 Å². The molecule has 2 aromatic carbocycles. The minimum Gasteiger partial charge on any atom is -0.497 e. The lowest BCUT2D eigenvalue weighted by atomic mass is 10.2. The van der Waals surface area contributed by atoms with E-state index in [9.17, 15) is 9.59 Å². The molecule has 112 valence electrons. The first kappa shape index (κ1) is 15.3. The predicted molar refractivity (Wildman–Crippen MR) is 84.1 cm³/mol. The van der Waals surface area contributed by atoms with Crippen LogP contribution in [0.1, 0.15) is 15.9 Å². The van der Waals surface area contributed by atoms with Gasteiger partial charge in [-0.2, -0.15) is 0 Å². The molecule has 2 N–H and O–H groups in total. The molecule has 0 unspecified atom stereocenters. The van der Waals surface area contributed by atoms with E-state index in [2.05, 4.69) is 10.9 Å². The molecule has 0 saturated heterocycles. The van der Waals surface area contributed by atoms with Gasteiger partial charge >= 0.3 is 0 Å². The third-order valence-electron chi connectivity index (χ3n) is 2.86. The van der Waals surface area contributed by atoms with Gasteiger partial charge in [-0.05, 0) is 29.8 Å². The van der Waals surface area contributed by atoms with Crippen LogP contribution in [0, 0.1) is 0 Å². The van der Waals surface area contributed by atoms with Crippen LogP contribution < -0.4 is 15.6 Å². The second-order valence-corrected chi connectivity index (χ2v) is 4.42. The van der Waals surface area contributed by atoms with Gasteiger partial charge in [-0.25, -0.2) is 0 Å². The third-order valence-corrected chi connectivity index (χ3v) is 2.86. The van der Waals surface area contributed by atoms with Crippen molar-refractivity contribution in [3.05, 3.63) is 71.8 Å². The number of hydrogen-bond donors (Lipinski definition) is 2. The number of rotatable bonds is 4. The van der Waals surface area contributed by atoms with Gasteiger partial charge in [0, 0.05) is 11.6 Å². The maximum Gasteiger partial charge on any atom is 0.269 e. The fraction of sp³-hybridized carbons (Fsp3) is 0.0588. The van der Waals surface area contributed by atoms with Crippen LogP contribution in [-0.4, -0.2) is 18.9 Å². The van der Waals surface area contributed by atoms with Crippen molar-refractivity contribution < 1.29 is 14.3 Å². The van der Waals surface area contributed by atoms with Gasteiger partial charge in [0.2, 0.25) is 0 Å². The molecule has 0 heterocycles. The molecule has 0 radical (unpaired) electrons. The Hall–Kier alpha value is -3.08. The summed E-state index contributed by atoms with van der Waals surface area (Å²) in [4.78, 5) is 23.5. The summed E-state index contributed by atoms with van der Waals surface area (Å²) in [5, 5.41) is 0. The molecule has 0 aromatic heterocycles. The quantitative estimate of drug-likeness (QED) is 0.671. The van der Waals surface area contributed by atoms with Crippen LogP contribution in [0.25, 0.3) is 6.08 Å². The highest BCUT2D eigenvalue weighted by Gasteiger charge is 2.06. The molecule has 0 saturated carbocycles. The smallest absolute Gasteiger partial charge is 0.269 e. The zero-order valence-electron chi connectivity index (χ0n) is 12.1. The molecule has 0 aliphatic heterocycles. The van der Waals surface area contributed by atoms with Gasteiger partial charge in [0.15, 0.2) is 0 Å². The average Bonchev–Trinajstić information content (AvgIpc) is 2.58. The number of hydrogen-bond acceptors (Lipinski definition) is 3. The van der Waals surface area contributed by atoms with E-state index in [0.717, 1.165) is 5.56 Å². The van der Waals surface area contributed by atoms with Crippen molar-refractivity contribution in [3.8, 4) is 5.75 Å². The summed E-state index contributed by atoms with van der Waals surface area (Å²) in [7, 11) is 1.52. The van der Waals surface area contributed by atoms with Crippen LogP contribution in [-0.2, 0) is 4.79 Å². The van der Waals surface area contributed by atoms with E-state index in [0.29, 0.717) is 11.3 Å². The summed E-state index contributed by atoms with van der Waals surface area (Å²) < 4.78 is 5.04. The number of nitrogens with one attached hydrogen (secondary N) is 2. The van der Waals surface area contributed by atoms with Gasteiger partial charge in [0.05, 0.1) is 7.11 Å². The molecule has 5 nitrogen and oxygen atoms in total. The molecule has 5 heteroatoms. The lowest BCUT2D eigenvalue weighted by Gasteiger charge is -2.06. The van der Waals surface area contributed by atoms with Crippen LogP contribution in [0.5, 0.6) is 5.75 Å². The summed E-state index contributed by atoms with van der Waals surface area (Å²) in [6.07, 6.45) is 3.01. The van der Waals surface area contributed by atoms with Crippen molar-refractivity contribution in [2.24, 2.45) is 0 Å². The molecular weight excluding hydrogens is 280 g/mol.